The van der Waals surface area contributed by atoms with Gasteiger partial charge in [0.05, 0.1) is 16.2 Å². The first-order chi connectivity index (χ1) is 10.7. The van der Waals surface area contributed by atoms with Gasteiger partial charge in [-0.15, -0.1) is 0 Å². The van der Waals surface area contributed by atoms with E-state index in [9.17, 15) is 0 Å². The second kappa shape index (κ2) is 6.86. The van der Waals surface area contributed by atoms with Gasteiger partial charge in [-0.25, -0.2) is 0 Å². The van der Waals surface area contributed by atoms with Crippen LogP contribution in [0.2, 0.25) is 5.02 Å². The Hall–Kier alpha value is -1.29. The van der Waals surface area contributed by atoms with Crippen LogP contribution in [-0.4, -0.2) is 11.5 Å². The fraction of sp³-hybridized carbons (Fsp3) is 0.222. The maximum atomic E-state index is 6.37. The molecular formula is C18H18BrClN2. The zero-order valence-electron chi connectivity index (χ0n) is 12.2. The molecule has 3 rings (SSSR count). The quantitative estimate of drug-likeness (QED) is 0.564. The van der Waals surface area contributed by atoms with Gasteiger partial charge in [-0.05, 0) is 43.5 Å². The van der Waals surface area contributed by atoms with Crippen molar-refractivity contribution in [1.29, 1.82) is 0 Å². The first-order valence-electron chi connectivity index (χ1n) is 7.46. The van der Waals surface area contributed by atoms with Crippen molar-refractivity contribution in [3.8, 4) is 11.3 Å². The van der Waals surface area contributed by atoms with Crippen molar-refractivity contribution in [2.24, 2.45) is 5.73 Å². The Bertz CT molecular complexity index is 795. The molecule has 4 heteroatoms. The second-order valence-corrected chi connectivity index (χ2v) is 6.63. The third-order valence-corrected chi connectivity index (χ3v) is 4.92. The van der Waals surface area contributed by atoms with Crippen molar-refractivity contribution in [2.75, 3.05) is 6.54 Å². The Morgan fingerprint density at radius 1 is 1.05 bits per heavy atom. The van der Waals surface area contributed by atoms with Gasteiger partial charge in [-0.2, -0.15) is 0 Å². The minimum absolute atomic E-state index is 0.730. The minimum atomic E-state index is 0.730. The summed E-state index contributed by atoms with van der Waals surface area (Å²) in [6.07, 6.45) is 3.10. The number of aromatic amines is 1. The number of unbranched alkanes of at least 4 members (excludes halogenated alkanes) is 1. The Morgan fingerprint density at radius 2 is 1.86 bits per heavy atom. The van der Waals surface area contributed by atoms with Crippen molar-refractivity contribution in [3.63, 3.8) is 0 Å². The molecule has 0 atom stereocenters. The number of rotatable bonds is 5. The highest BCUT2D eigenvalue weighted by Crippen LogP contribution is 2.37. The second-order valence-electron chi connectivity index (χ2n) is 5.37. The normalized spacial score (nSPS) is 11.2. The fourth-order valence-electron chi connectivity index (χ4n) is 2.84. The Kier molecular flexibility index (Phi) is 4.87. The van der Waals surface area contributed by atoms with Gasteiger partial charge in [-0.3, -0.25) is 0 Å². The van der Waals surface area contributed by atoms with Crippen LogP contribution in [0.1, 0.15) is 18.4 Å². The lowest BCUT2D eigenvalue weighted by Crippen LogP contribution is -1.99. The van der Waals surface area contributed by atoms with Crippen molar-refractivity contribution in [1.82, 2.24) is 4.98 Å². The number of nitrogens with two attached hydrogens (primary N) is 1. The van der Waals surface area contributed by atoms with Crippen LogP contribution in [0.5, 0.6) is 0 Å². The van der Waals surface area contributed by atoms with Gasteiger partial charge in [0.2, 0.25) is 0 Å². The van der Waals surface area contributed by atoms with Gasteiger partial charge in [0.1, 0.15) is 0 Å². The summed E-state index contributed by atoms with van der Waals surface area (Å²) in [5, 5.41) is 1.96. The lowest BCUT2D eigenvalue weighted by atomic mass is 10.0. The molecule has 0 aliphatic heterocycles. The number of nitrogens with one attached hydrogen (secondary N) is 1. The van der Waals surface area contributed by atoms with E-state index in [1.807, 2.05) is 18.2 Å². The average Bonchev–Trinajstić information content (AvgIpc) is 2.88. The predicted octanol–water partition coefficient (Wildman–Crippen LogP) is 5.53. The lowest BCUT2D eigenvalue weighted by Gasteiger charge is -2.07. The minimum Gasteiger partial charge on any atom is -0.353 e. The maximum absolute atomic E-state index is 6.37. The van der Waals surface area contributed by atoms with Gasteiger partial charge >= 0.3 is 0 Å². The molecule has 0 saturated carbocycles. The molecule has 0 aliphatic carbocycles. The van der Waals surface area contributed by atoms with E-state index in [0.29, 0.717) is 0 Å². The highest BCUT2D eigenvalue weighted by molar-refractivity contribution is 9.10. The van der Waals surface area contributed by atoms with Crippen LogP contribution in [0.15, 0.2) is 46.9 Å². The molecule has 3 aromatic rings. The first-order valence-corrected chi connectivity index (χ1v) is 8.63. The molecule has 0 fully saturated rings. The van der Waals surface area contributed by atoms with Crippen LogP contribution in [0.3, 0.4) is 0 Å². The average molecular weight is 378 g/mol. The van der Waals surface area contributed by atoms with E-state index >= 15 is 0 Å². The Morgan fingerprint density at radius 3 is 2.64 bits per heavy atom. The smallest absolute Gasteiger partial charge is 0.0651 e. The number of H-pyrrole nitrogens is 1. The molecule has 2 aromatic carbocycles. The molecule has 0 unspecified atom stereocenters. The molecule has 114 valence electrons. The molecule has 0 radical (unpaired) electrons. The molecule has 1 aromatic heterocycles. The van der Waals surface area contributed by atoms with Crippen molar-refractivity contribution < 1.29 is 0 Å². The molecule has 0 saturated heterocycles. The van der Waals surface area contributed by atoms with E-state index in [1.54, 1.807) is 0 Å². The number of aromatic nitrogens is 1. The monoisotopic (exact) mass is 376 g/mol. The van der Waals surface area contributed by atoms with Crippen LogP contribution in [0.4, 0.5) is 0 Å². The first kappa shape index (κ1) is 15.6. The molecular weight excluding hydrogens is 360 g/mol. The van der Waals surface area contributed by atoms with Crippen molar-refractivity contribution >= 4 is 38.4 Å². The van der Waals surface area contributed by atoms with Crippen molar-refractivity contribution in [3.05, 3.63) is 57.5 Å². The number of benzene rings is 2. The van der Waals surface area contributed by atoms with E-state index < -0.39 is 0 Å². The third-order valence-electron chi connectivity index (χ3n) is 3.91. The summed E-state index contributed by atoms with van der Waals surface area (Å²) in [5.74, 6) is 0. The topological polar surface area (TPSA) is 41.8 Å². The molecule has 0 amide bonds. The molecule has 22 heavy (non-hydrogen) atoms. The van der Waals surface area contributed by atoms with Gasteiger partial charge in [0, 0.05) is 15.4 Å². The molecule has 2 nitrogen and oxygen atoms in total. The molecule has 0 spiro atoms. The summed E-state index contributed by atoms with van der Waals surface area (Å²) in [5.41, 5.74) is 10.3. The SMILES string of the molecule is NCCCCc1c(-c2ccccc2Br)[nH]c2c(Cl)cccc12. The number of halogens is 2. The number of hydrogen-bond donors (Lipinski definition) is 2. The van der Waals surface area contributed by atoms with E-state index in [0.717, 1.165) is 52.1 Å². The van der Waals surface area contributed by atoms with Gasteiger partial charge in [0.25, 0.3) is 0 Å². The van der Waals surface area contributed by atoms with E-state index in [1.165, 1.54) is 10.9 Å². The van der Waals surface area contributed by atoms with E-state index in [-0.39, 0.29) is 0 Å². The number of fused-ring (bicyclic) bond motifs is 1. The largest absolute Gasteiger partial charge is 0.353 e. The summed E-state index contributed by atoms with van der Waals surface area (Å²) in [4.78, 5) is 3.52. The van der Waals surface area contributed by atoms with Crippen LogP contribution >= 0.6 is 27.5 Å². The summed E-state index contributed by atoms with van der Waals surface area (Å²) in [6, 6.07) is 14.3. The van der Waals surface area contributed by atoms with E-state index in [4.69, 9.17) is 17.3 Å². The van der Waals surface area contributed by atoms with Gasteiger partial charge in [-0.1, -0.05) is 57.9 Å². The van der Waals surface area contributed by atoms with Crippen molar-refractivity contribution in [2.45, 2.75) is 19.3 Å². The lowest BCUT2D eigenvalue weighted by molar-refractivity contribution is 0.748. The predicted molar refractivity (Wildman–Crippen MR) is 98.4 cm³/mol. The standard InChI is InChI=1S/C18H18BrClN2/c19-15-9-2-1-7-14(15)17-12(6-3-4-11-21)13-8-5-10-16(20)18(13)22-17/h1-2,5,7-10,22H,3-4,6,11,21H2. The van der Waals surface area contributed by atoms with E-state index in [2.05, 4.69) is 45.2 Å². The Balaban J connectivity index is 2.17. The summed E-state index contributed by atoms with van der Waals surface area (Å²) < 4.78 is 1.08. The van der Waals surface area contributed by atoms with Crippen LogP contribution in [-0.2, 0) is 6.42 Å². The van der Waals surface area contributed by atoms with Gasteiger partial charge in [0.15, 0.2) is 0 Å². The Labute approximate surface area is 143 Å². The van der Waals surface area contributed by atoms with Crippen LogP contribution in [0, 0.1) is 0 Å². The third kappa shape index (κ3) is 2.94. The summed E-state index contributed by atoms with van der Waals surface area (Å²) >= 11 is 10.0. The highest BCUT2D eigenvalue weighted by Gasteiger charge is 2.16. The van der Waals surface area contributed by atoms with Crippen LogP contribution < -0.4 is 5.73 Å². The fourth-order valence-corrected chi connectivity index (χ4v) is 3.54. The zero-order chi connectivity index (χ0) is 15.5. The van der Waals surface area contributed by atoms with Crippen LogP contribution in [0.25, 0.3) is 22.2 Å². The molecule has 0 bridgehead atoms. The molecule has 3 N–H and O–H groups in total. The number of aryl methyl sites for hydroxylation is 1. The number of hydrogen-bond acceptors (Lipinski definition) is 1. The summed E-state index contributed by atoms with van der Waals surface area (Å²) in [7, 11) is 0. The van der Waals surface area contributed by atoms with Gasteiger partial charge < -0.3 is 10.7 Å². The maximum Gasteiger partial charge on any atom is 0.0651 e. The highest BCUT2D eigenvalue weighted by atomic mass is 79.9. The summed E-state index contributed by atoms with van der Waals surface area (Å²) in [6.45, 7) is 0.730. The molecule has 1 heterocycles. The number of para-hydroxylation sites is 1. The zero-order valence-corrected chi connectivity index (χ0v) is 14.5. The molecule has 0 aliphatic rings.